The van der Waals surface area contributed by atoms with E-state index >= 15 is 0 Å². The van der Waals surface area contributed by atoms with Gasteiger partial charge in [0.2, 0.25) is 6.34 Å². The van der Waals surface area contributed by atoms with Crippen LogP contribution in [0.2, 0.25) is 0 Å². The van der Waals surface area contributed by atoms with E-state index in [9.17, 15) is 0 Å². The highest BCUT2D eigenvalue weighted by Gasteiger charge is 2.42. The van der Waals surface area contributed by atoms with Crippen LogP contribution in [0.25, 0.3) is 11.1 Å². The molecule has 1 aliphatic heterocycles. The fourth-order valence-corrected chi connectivity index (χ4v) is 5.98. The molecule has 0 aliphatic carbocycles. The Morgan fingerprint density at radius 1 is 0.605 bits per heavy atom. The second-order valence-electron chi connectivity index (χ2n) is 10.2. The first-order valence-corrected chi connectivity index (χ1v) is 13.3. The predicted molar refractivity (Wildman–Crippen MR) is 158 cm³/mol. The molecule has 2 nitrogen and oxygen atoms in total. The largest absolute Gasteiger partial charge is 0.326 e. The molecule has 5 aromatic carbocycles. The van der Waals surface area contributed by atoms with Crippen molar-refractivity contribution in [3.05, 3.63) is 155 Å². The van der Waals surface area contributed by atoms with Crippen LogP contribution in [0.1, 0.15) is 39.9 Å². The molecule has 0 fully saturated rings. The standard InChI is InChI=1S/C36H32N2/c1-26-23-27(2)34(28(3)24-26)38-25-37(33-22-14-13-21-32(33)29-15-7-4-8-16-29)35(30-17-9-5-10-18-30)36(38)31-19-11-6-12-20-31/h4-24,35-36H,1-3H3/t35-,36-/m0/s1. The molecule has 186 valence electrons. The average Bonchev–Trinajstić information content (AvgIpc) is 3.34. The predicted octanol–water partition coefficient (Wildman–Crippen LogP) is 8.83. The Bertz CT molecular complexity index is 1560. The van der Waals surface area contributed by atoms with E-state index in [0.717, 1.165) is 5.69 Å². The van der Waals surface area contributed by atoms with Crippen molar-refractivity contribution in [3.63, 3.8) is 0 Å². The van der Waals surface area contributed by atoms with Gasteiger partial charge < -0.3 is 9.48 Å². The molecule has 0 spiro atoms. The first kappa shape index (κ1) is 23.9. The third kappa shape index (κ3) is 4.33. The molecule has 0 N–H and O–H groups in total. The summed E-state index contributed by atoms with van der Waals surface area (Å²) in [5.41, 5.74) is 11.1. The highest BCUT2D eigenvalue weighted by molar-refractivity contribution is 5.90. The average molecular weight is 493 g/mol. The van der Waals surface area contributed by atoms with E-state index in [4.69, 9.17) is 0 Å². The third-order valence-corrected chi connectivity index (χ3v) is 7.48. The number of rotatable bonds is 5. The minimum Gasteiger partial charge on any atom is -0.326 e. The van der Waals surface area contributed by atoms with Gasteiger partial charge in [0.15, 0.2) is 0 Å². The highest BCUT2D eigenvalue weighted by Crippen LogP contribution is 2.48. The molecule has 6 rings (SSSR count). The van der Waals surface area contributed by atoms with Crippen LogP contribution in [0.3, 0.4) is 0 Å². The molecule has 0 aromatic heterocycles. The summed E-state index contributed by atoms with van der Waals surface area (Å²) in [6, 6.07) is 45.8. The fraction of sp³-hybridized carbons (Fsp3) is 0.139. The zero-order valence-corrected chi connectivity index (χ0v) is 22.2. The number of nitrogens with zero attached hydrogens (tertiary/aromatic N) is 2. The number of benzene rings is 5. The van der Waals surface area contributed by atoms with Crippen molar-refractivity contribution in [2.75, 3.05) is 4.90 Å². The number of para-hydroxylation sites is 1. The molecule has 2 atom stereocenters. The molecular formula is C36H32N2. The second kappa shape index (κ2) is 10.1. The SMILES string of the molecule is Cc1cc(C)c([N+]2=[C-]N(c3ccccc3-c3ccccc3)[C@@H](c3ccccc3)[C@@H]2c2ccccc2)c(C)c1. The van der Waals surface area contributed by atoms with Crippen LogP contribution in [0.4, 0.5) is 11.4 Å². The van der Waals surface area contributed by atoms with Gasteiger partial charge in [-0.05, 0) is 43.0 Å². The van der Waals surface area contributed by atoms with Gasteiger partial charge in [0.25, 0.3) is 0 Å². The van der Waals surface area contributed by atoms with Gasteiger partial charge in [0.05, 0.1) is 0 Å². The van der Waals surface area contributed by atoms with Crippen LogP contribution < -0.4 is 4.90 Å². The summed E-state index contributed by atoms with van der Waals surface area (Å²) in [5.74, 6) is 0. The van der Waals surface area contributed by atoms with E-state index in [1.807, 2.05) is 0 Å². The summed E-state index contributed by atoms with van der Waals surface area (Å²) in [7, 11) is 0. The van der Waals surface area contributed by atoms with E-state index in [0.29, 0.717) is 0 Å². The Morgan fingerprint density at radius 3 is 1.76 bits per heavy atom. The van der Waals surface area contributed by atoms with Gasteiger partial charge in [-0.2, -0.15) is 0 Å². The molecular weight excluding hydrogens is 460 g/mol. The maximum absolute atomic E-state index is 3.90. The van der Waals surface area contributed by atoms with E-state index < -0.39 is 0 Å². The molecule has 0 radical (unpaired) electrons. The van der Waals surface area contributed by atoms with Crippen LogP contribution in [0.15, 0.2) is 127 Å². The molecule has 38 heavy (non-hydrogen) atoms. The lowest BCUT2D eigenvalue weighted by Gasteiger charge is -2.30. The van der Waals surface area contributed by atoms with Crippen LogP contribution in [-0.2, 0) is 0 Å². The maximum atomic E-state index is 3.90. The molecule has 0 bridgehead atoms. The highest BCUT2D eigenvalue weighted by atomic mass is 15.3. The van der Waals surface area contributed by atoms with E-state index in [1.165, 1.54) is 44.6 Å². The Labute approximate surface area is 226 Å². The minimum atomic E-state index is 0.0311. The van der Waals surface area contributed by atoms with Crippen LogP contribution in [0.5, 0.6) is 0 Å². The van der Waals surface area contributed by atoms with Crippen molar-refractivity contribution in [2.45, 2.75) is 32.9 Å². The molecule has 0 amide bonds. The van der Waals surface area contributed by atoms with Gasteiger partial charge in [-0.3, -0.25) is 0 Å². The second-order valence-corrected chi connectivity index (χ2v) is 10.2. The van der Waals surface area contributed by atoms with Gasteiger partial charge in [0.1, 0.15) is 12.1 Å². The van der Waals surface area contributed by atoms with Crippen molar-refractivity contribution < 1.29 is 4.58 Å². The molecule has 1 heterocycles. The Morgan fingerprint density at radius 2 is 1.13 bits per heavy atom. The van der Waals surface area contributed by atoms with Gasteiger partial charge in [0, 0.05) is 11.4 Å². The first-order valence-electron chi connectivity index (χ1n) is 13.3. The fourth-order valence-electron chi connectivity index (χ4n) is 5.98. The van der Waals surface area contributed by atoms with E-state index in [1.54, 1.807) is 0 Å². The molecule has 0 unspecified atom stereocenters. The Hall–Kier alpha value is -4.43. The molecule has 0 saturated carbocycles. The van der Waals surface area contributed by atoms with Crippen molar-refractivity contribution in [1.82, 2.24) is 0 Å². The summed E-state index contributed by atoms with van der Waals surface area (Å²) >= 11 is 0. The summed E-state index contributed by atoms with van der Waals surface area (Å²) < 4.78 is 2.39. The summed E-state index contributed by atoms with van der Waals surface area (Å²) in [6.07, 6.45) is 3.90. The summed E-state index contributed by atoms with van der Waals surface area (Å²) in [6.45, 7) is 6.61. The van der Waals surface area contributed by atoms with Crippen LogP contribution in [0, 0.1) is 20.8 Å². The number of aryl methyl sites for hydroxylation is 3. The zero-order chi connectivity index (χ0) is 26.1. The first-order chi connectivity index (χ1) is 18.6. The smallest absolute Gasteiger partial charge is 0.207 e. The van der Waals surface area contributed by atoms with Gasteiger partial charge in [-0.1, -0.05) is 144 Å². The molecule has 2 heteroatoms. The van der Waals surface area contributed by atoms with E-state index in [2.05, 4.69) is 164 Å². The van der Waals surface area contributed by atoms with Crippen LogP contribution >= 0.6 is 0 Å². The maximum Gasteiger partial charge on any atom is 0.207 e. The monoisotopic (exact) mass is 492 g/mol. The van der Waals surface area contributed by atoms with Gasteiger partial charge >= 0.3 is 0 Å². The molecule has 0 saturated heterocycles. The zero-order valence-electron chi connectivity index (χ0n) is 22.2. The lowest BCUT2D eigenvalue weighted by atomic mass is 9.91. The lowest BCUT2D eigenvalue weighted by Crippen LogP contribution is -2.26. The van der Waals surface area contributed by atoms with Crippen molar-refractivity contribution in [3.8, 4) is 11.1 Å². The Balaban J connectivity index is 1.63. The van der Waals surface area contributed by atoms with Crippen molar-refractivity contribution >= 4 is 17.7 Å². The number of hydrogen-bond donors (Lipinski definition) is 0. The summed E-state index contributed by atoms with van der Waals surface area (Å²) in [4.78, 5) is 2.37. The Kier molecular flexibility index (Phi) is 6.39. The molecule has 1 aliphatic rings. The minimum absolute atomic E-state index is 0.0311. The number of hydrogen-bond acceptors (Lipinski definition) is 1. The number of anilines is 1. The van der Waals surface area contributed by atoms with Gasteiger partial charge in [-0.15, -0.1) is 0 Å². The summed E-state index contributed by atoms with van der Waals surface area (Å²) in [5, 5.41) is 0. The quantitative estimate of drug-likeness (QED) is 0.175. The van der Waals surface area contributed by atoms with E-state index in [-0.39, 0.29) is 12.1 Å². The van der Waals surface area contributed by atoms with Crippen molar-refractivity contribution in [2.24, 2.45) is 0 Å². The van der Waals surface area contributed by atoms with Crippen molar-refractivity contribution in [1.29, 1.82) is 0 Å². The normalized spacial score (nSPS) is 16.9. The molecule has 5 aromatic rings. The van der Waals surface area contributed by atoms with Crippen LogP contribution in [-0.4, -0.2) is 10.9 Å². The lowest BCUT2D eigenvalue weighted by molar-refractivity contribution is -0.482. The van der Waals surface area contributed by atoms with Gasteiger partial charge in [-0.25, -0.2) is 0 Å². The third-order valence-electron chi connectivity index (χ3n) is 7.48. The topological polar surface area (TPSA) is 6.25 Å².